The number of sulfonamides is 1. The molecule has 0 bridgehead atoms. The number of H-pyrrole nitrogens is 1. The summed E-state index contributed by atoms with van der Waals surface area (Å²) in [6.07, 6.45) is 4.47. The molecule has 0 radical (unpaired) electrons. The molecule has 6 heteroatoms. The van der Waals surface area contributed by atoms with E-state index in [0.717, 1.165) is 19.3 Å². The molecule has 0 aliphatic carbocycles. The molecule has 5 nitrogen and oxygen atoms in total. The lowest BCUT2D eigenvalue weighted by Gasteiger charge is -2.24. The van der Waals surface area contributed by atoms with Gasteiger partial charge in [-0.1, -0.05) is 19.8 Å². The lowest BCUT2D eigenvalue weighted by atomic mass is 10.2. The molecule has 17 heavy (non-hydrogen) atoms. The van der Waals surface area contributed by atoms with Gasteiger partial charge >= 0.3 is 0 Å². The van der Waals surface area contributed by atoms with E-state index in [1.807, 2.05) is 13.8 Å². The molecule has 1 heterocycles. The van der Waals surface area contributed by atoms with E-state index in [0.29, 0.717) is 6.54 Å². The van der Waals surface area contributed by atoms with Gasteiger partial charge in [-0.3, -0.25) is 5.10 Å². The van der Waals surface area contributed by atoms with Crippen LogP contribution in [0, 0.1) is 0 Å². The van der Waals surface area contributed by atoms with E-state index in [9.17, 15) is 8.42 Å². The Hall–Kier alpha value is -0.880. The standard InChI is InChI=1S/C11H21N3O2S/c1-4-5-6-9-14(10(2)3)17(15,16)11-7-8-12-13-11/h7-8,10H,4-6,9H2,1-3H3,(H,12,13). The van der Waals surface area contributed by atoms with Crippen LogP contribution in [0.3, 0.4) is 0 Å². The first kappa shape index (κ1) is 14.2. The molecule has 0 unspecified atom stereocenters. The molecule has 98 valence electrons. The molecule has 0 atom stereocenters. The number of rotatable bonds is 7. The summed E-state index contributed by atoms with van der Waals surface area (Å²) in [5.74, 6) is 0. The van der Waals surface area contributed by atoms with Crippen LogP contribution < -0.4 is 0 Å². The molecule has 0 aliphatic heterocycles. The molecular weight excluding hydrogens is 238 g/mol. The fourth-order valence-corrected chi connectivity index (χ4v) is 3.26. The van der Waals surface area contributed by atoms with Gasteiger partial charge in [0.25, 0.3) is 10.0 Å². The summed E-state index contributed by atoms with van der Waals surface area (Å²) in [6.45, 7) is 6.44. The summed E-state index contributed by atoms with van der Waals surface area (Å²) in [5.41, 5.74) is 0. The quantitative estimate of drug-likeness (QED) is 0.762. The Morgan fingerprint density at radius 3 is 2.59 bits per heavy atom. The maximum Gasteiger partial charge on any atom is 0.260 e. The van der Waals surface area contributed by atoms with E-state index >= 15 is 0 Å². The molecule has 1 N–H and O–H groups in total. The van der Waals surface area contributed by atoms with Crippen LogP contribution >= 0.6 is 0 Å². The third-order valence-electron chi connectivity index (χ3n) is 2.62. The summed E-state index contributed by atoms with van der Waals surface area (Å²) in [4.78, 5) is 0. The minimum Gasteiger partial charge on any atom is -0.266 e. The van der Waals surface area contributed by atoms with Gasteiger partial charge in [0.2, 0.25) is 0 Å². The molecule has 0 amide bonds. The zero-order valence-corrected chi connectivity index (χ0v) is 11.5. The fourth-order valence-electron chi connectivity index (χ4n) is 1.69. The fraction of sp³-hybridized carbons (Fsp3) is 0.727. The molecule has 0 aromatic carbocycles. The number of unbranched alkanes of at least 4 members (excludes halogenated alkanes) is 2. The molecule has 0 saturated heterocycles. The first-order valence-corrected chi connectivity index (χ1v) is 7.45. The summed E-state index contributed by atoms with van der Waals surface area (Å²) in [6, 6.07) is 1.45. The lowest BCUT2D eigenvalue weighted by molar-refractivity contribution is 0.344. The van der Waals surface area contributed by atoms with Crippen LogP contribution in [-0.4, -0.2) is 35.5 Å². The van der Waals surface area contributed by atoms with Gasteiger partial charge < -0.3 is 0 Å². The van der Waals surface area contributed by atoms with Crippen molar-refractivity contribution >= 4 is 10.0 Å². The largest absolute Gasteiger partial charge is 0.266 e. The summed E-state index contributed by atoms with van der Waals surface area (Å²) in [5, 5.41) is 6.39. The molecule has 0 fully saturated rings. The molecule has 1 rings (SSSR count). The van der Waals surface area contributed by atoms with Crippen LogP contribution in [0.5, 0.6) is 0 Å². The minimum absolute atomic E-state index is 0.0415. The maximum atomic E-state index is 12.3. The second kappa shape index (κ2) is 6.16. The van der Waals surface area contributed by atoms with Gasteiger partial charge in [-0.2, -0.15) is 9.40 Å². The van der Waals surface area contributed by atoms with Crippen molar-refractivity contribution in [1.29, 1.82) is 0 Å². The Balaban J connectivity index is 2.83. The van der Waals surface area contributed by atoms with Gasteiger partial charge in [0, 0.05) is 12.6 Å². The van der Waals surface area contributed by atoms with Crippen molar-refractivity contribution in [3.8, 4) is 0 Å². The number of aromatic nitrogens is 2. The third-order valence-corrected chi connectivity index (χ3v) is 4.62. The van der Waals surface area contributed by atoms with Crippen molar-refractivity contribution < 1.29 is 8.42 Å². The number of hydrogen-bond acceptors (Lipinski definition) is 3. The Kier molecular flexibility index (Phi) is 5.14. The van der Waals surface area contributed by atoms with Crippen molar-refractivity contribution in [2.24, 2.45) is 0 Å². The third kappa shape index (κ3) is 3.54. The monoisotopic (exact) mass is 259 g/mol. The molecule has 1 aromatic rings. The van der Waals surface area contributed by atoms with Crippen LogP contribution in [-0.2, 0) is 10.0 Å². The second-order valence-electron chi connectivity index (χ2n) is 4.34. The number of nitrogens with zero attached hydrogens (tertiary/aromatic N) is 2. The van der Waals surface area contributed by atoms with Crippen LogP contribution in [0.4, 0.5) is 0 Å². The van der Waals surface area contributed by atoms with Gasteiger partial charge in [-0.05, 0) is 26.3 Å². The summed E-state index contributed by atoms with van der Waals surface area (Å²) < 4.78 is 26.1. The number of aromatic amines is 1. The number of hydrogen-bond donors (Lipinski definition) is 1. The van der Waals surface area contributed by atoms with Crippen LogP contribution in [0.15, 0.2) is 17.3 Å². The molecule has 0 aliphatic rings. The first-order chi connectivity index (χ1) is 8.00. The SMILES string of the molecule is CCCCCN(C(C)C)S(=O)(=O)c1ccn[nH]1. The predicted octanol–water partition coefficient (Wildman–Crippen LogP) is 2.00. The highest BCUT2D eigenvalue weighted by Gasteiger charge is 2.27. The second-order valence-corrected chi connectivity index (χ2v) is 6.20. The van der Waals surface area contributed by atoms with E-state index < -0.39 is 10.0 Å². The smallest absolute Gasteiger partial charge is 0.260 e. The van der Waals surface area contributed by atoms with Gasteiger partial charge in [0.1, 0.15) is 0 Å². The van der Waals surface area contributed by atoms with Gasteiger partial charge in [-0.25, -0.2) is 8.42 Å². The van der Waals surface area contributed by atoms with Crippen LogP contribution in [0.25, 0.3) is 0 Å². The lowest BCUT2D eigenvalue weighted by Crippen LogP contribution is -2.37. The van der Waals surface area contributed by atoms with Crippen molar-refractivity contribution in [3.05, 3.63) is 12.3 Å². The zero-order chi connectivity index (χ0) is 12.9. The zero-order valence-electron chi connectivity index (χ0n) is 10.7. The van der Waals surface area contributed by atoms with Crippen molar-refractivity contribution in [2.75, 3.05) is 6.54 Å². The van der Waals surface area contributed by atoms with E-state index in [1.54, 1.807) is 0 Å². The van der Waals surface area contributed by atoms with Crippen molar-refractivity contribution in [2.45, 2.75) is 51.1 Å². The van der Waals surface area contributed by atoms with E-state index in [-0.39, 0.29) is 11.1 Å². The van der Waals surface area contributed by atoms with E-state index in [2.05, 4.69) is 17.1 Å². The van der Waals surface area contributed by atoms with Crippen molar-refractivity contribution in [3.63, 3.8) is 0 Å². The Morgan fingerprint density at radius 1 is 1.41 bits per heavy atom. The van der Waals surface area contributed by atoms with Gasteiger partial charge in [0.05, 0.1) is 6.20 Å². The maximum absolute atomic E-state index is 12.3. The molecule has 0 saturated carbocycles. The summed E-state index contributed by atoms with van der Waals surface area (Å²) >= 11 is 0. The average molecular weight is 259 g/mol. The highest BCUT2D eigenvalue weighted by Crippen LogP contribution is 2.16. The molecular formula is C11H21N3O2S. The Morgan fingerprint density at radius 2 is 2.12 bits per heavy atom. The normalized spacial score (nSPS) is 12.5. The van der Waals surface area contributed by atoms with Crippen molar-refractivity contribution in [1.82, 2.24) is 14.5 Å². The van der Waals surface area contributed by atoms with Gasteiger partial charge in [0.15, 0.2) is 5.03 Å². The molecule has 0 spiro atoms. The predicted molar refractivity (Wildman–Crippen MR) is 67.1 cm³/mol. The van der Waals surface area contributed by atoms with E-state index in [1.165, 1.54) is 16.6 Å². The van der Waals surface area contributed by atoms with E-state index in [4.69, 9.17) is 0 Å². The highest BCUT2D eigenvalue weighted by molar-refractivity contribution is 7.89. The highest BCUT2D eigenvalue weighted by atomic mass is 32.2. The molecule has 1 aromatic heterocycles. The Bertz CT molecular complexity index is 412. The van der Waals surface area contributed by atoms with Gasteiger partial charge in [-0.15, -0.1) is 0 Å². The average Bonchev–Trinajstić information content (AvgIpc) is 2.77. The minimum atomic E-state index is -3.42. The van der Waals surface area contributed by atoms with Crippen LogP contribution in [0.1, 0.15) is 40.0 Å². The topological polar surface area (TPSA) is 66.1 Å². The number of nitrogens with one attached hydrogen (secondary N) is 1. The Labute approximate surface area is 103 Å². The van der Waals surface area contributed by atoms with Crippen LogP contribution in [0.2, 0.25) is 0 Å². The summed E-state index contributed by atoms with van der Waals surface area (Å²) in [7, 11) is -3.42. The first-order valence-electron chi connectivity index (χ1n) is 6.01.